The normalized spacial score (nSPS) is 13.8. The van der Waals surface area contributed by atoms with Gasteiger partial charge >= 0.3 is 17.4 Å². The van der Waals surface area contributed by atoms with Gasteiger partial charge in [0.2, 0.25) is 0 Å². The number of unbranched alkanes of at least 4 members (excludes halogenated alkanes) is 7. The highest BCUT2D eigenvalue weighted by Crippen LogP contribution is 2.39. The molecule has 0 aromatic carbocycles. The van der Waals surface area contributed by atoms with E-state index < -0.39 is 42.3 Å². The Labute approximate surface area is 263 Å². The summed E-state index contributed by atoms with van der Waals surface area (Å²) in [4.78, 5) is 0. The van der Waals surface area contributed by atoms with Gasteiger partial charge in [-0.25, -0.2) is 0 Å². The molecule has 0 saturated heterocycles. The maximum atomic E-state index is 7.60. The minimum Gasteiger partial charge on any atom is -0.416 e. The molecule has 248 valence electrons. The van der Waals surface area contributed by atoms with Gasteiger partial charge in [0.1, 0.15) is 0 Å². The maximum Gasteiger partial charge on any atom is 0.469 e. The van der Waals surface area contributed by atoms with Crippen molar-refractivity contribution in [1.82, 2.24) is 0 Å². The summed E-state index contributed by atoms with van der Waals surface area (Å²) in [5.41, 5.74) is 0. The van der Waals surface area contributed by atoms with Crippen molar-refractivity contribution < 1.29 is 21.2 Å². The molecule has 10 heteroatoms. The minimum absolute atomic E-state index is 1.03. The lowest BCUT2D eigenvalue weighted by Crippen LogP contribution is -2.64. The van der Waals surface area contributed by atoms with Crippen LogP contribution in [0.5, 0.6) is 0 Å². The van der Waals surface area contributed by atoms with Gasteiger partial charge in [0.25, 0.3) is 0 Å². The molecule has 0 radical (unpaired) electrons. The topological polar surface area (TPSA) is 46.2 Å². The fourth-order valence-electron chi connectivity index (χ4n) is 6.24. The van der Waals surface area contributed by atoms with E-state index in [4.69, 9.17) is 21.2 Å². The molecule has 0 unspecified atom stereocenters. The van der Waals surface area contributed by atoms with Crippen molar-refractivity contribution in [3.63, 3.8) is 0 Å². The smallest absolute Gasteiger partial charge is 0.416 e. The largest absolute Gasteiger partial charge is 0.469 e. The van der Waals surface area contributed by atoms with Gasteiger partial charge in [0, 0.05) is 20.3 Å². The maximum absolute atomic E-state index is 7.60. The van der Waals surface area contributed by atoms with Crippen LogP contribution in [-0.2, 0) is 21.2 Å². The molecule has 0 saturated carbocycles. The highest BCUT2D eigenvalue weighted by atomic mass is 28.5. The van der Waals surface area contributed by atoms with Gasteiger partial charge in [0.05, 0.1) is 0 Å². The molecule has 0 rings (SSSR count). The molecule has 0 fully saturated rings. The fourth-order valence-corrected chi connectivity index (χ4v) is 28.9. The summed E-state index contributed by atoms with van der Waals surface area (Å²) in [6.07, 6.45) is 10.2. The summed E-state index contributed by atoms with van der Waals surface area (Å²) in [6, 6.07) is 12.6. The Morgan fingerprint density at radius 2 is 0.610 bits per heavy atom. The van der Waals surface area contributed by atoms with Crippen molar-refractivity contribution >= 4 is 42.3 Å². The van der Waals surface area contributed by atoms with Crippen molar-refractivity contribution in [3.05, 3.63) is 0 Å². The third-order valence-corrected chi connectivity index (χ3v) is 35.1. The third-order valence-electron chi connectivity index (χ3n) is 10.6. The van der Waals surface area contributed by atoms with Crippen LogP contribution in [0.1, 0.15) is 114 Å². The van der Waals surface area contributed by atoms with Crippen LogP contribution in [0.4, 0.5) is 0 Å². The zero-order valence-electron chi connectivity index (χ0n) is 30.0. The summed E-state index contributed by atoms with van der Waals surface area (Å²) < 4.78 is 34.1. The van der Waals surface area contributed by atoms with Crippen LogP contribution >= 0.6 is 0 Å². The van der Waals surface area contributed by atoms with Crippen LogP contribution < -0.4 is 0 Å². The van der Waals surface area contributed by atoms with Gasteiger partial charge in [-0.1, -0.05) is 107 Å². The molecule has 0 N–H and O–H groups in total. The average Bonchev–Trinajstić information content (AvgIpc) is 3.02. The van der Waals surface area contributed by atoms with E-state index in [0.29, 0.717) is 0 Å². The molecule has 0 heterocycles. The standard InChI is InChI=1S/C31H74O5Si5/c1-13-38(14-2,15-3)34-41(35-39(16-4,17-5)18-6,36-40(19-7,20-8)21-9)31-29-27-25-23-22-24-26-28-30-37(12,32-10)33-11/h13-31H2,1-12H3. The molecule has 0 aliphatic rings. The predicted octanol–water partition coefficient (Wildman–Crippen LogP) is 11.5. The summed E-state index contributed by atoms with van der Waals surface area (Å²) in [6.45, 7) is 23.4. The quantitative estimate of drug-likeness (QED) is 0.0614. The van der Waals surface area contributed by atoms with Crippen molar-refractivity contribution in [2.75, 3.05) is 14.2 Å². The lowest BCUT2D eigenvalue weighted by Gasteiger charge is -2.48. The Bertz CT molecular complexity index is 559. The number of rotatable bonds is 28. The fraction of sp³-hybridized carbons (Fsp3) is 1.00. The SMILES string of the molecule is CC[Si](CC)(CC)O[Si](CCCCCCCCCC[Si](C)(OC)OC)(O[Si](CC)(CC)CC)O[Si](CC)(CC)CC. The Morgan fingerprint density at radius 3 is 0.854 bits per heavy atom. The highest BCUT2D eigenvalue weighted by Gasteiger charge is 2.54. The monoisotopic (exact) mass is 666 g/mol. The average molecular weight is 667 g/mol. The predicted molar refractivity (Wildman–Crippen MR) is 193 cm³/mol. The molecule has 0 aliphatic carbocycles. The molecule has 0 spiro atoms. The zero-order valence-corrected chi connectivity index (χ0v) is 35.0. The number of hydrogen-bond donors (Lipinski definition) is 0. The Hall–Kier alpha value is 0.884. The molecule has 41 heavy (non-hydrogen) atoms. The summed E-state index contributed by atoms with van der Waals surface area (Å²) in [5, 5.41) is 0. The van der Waals surface area contributed by atoms with Gasteiger partial charge in [-0.05, 0) is 73.4 Å². The van der Waals surface area contributed by atoms with E-state index >= 15 is 0 Å². The highest BCUT2D eigenvalue weighted by molar-refractivity contribution is 6.92. The van der Waals surface area contributed by atoms with Crippen LogP contribution in [0, 0.1) is 0 Å². The van der Waals surface area contributed by atoms with Crippen LogP contribution in [-0.4, -0.2) is 56.5 Å². The second-order valence-electron chi connectivity index (χ2n) is 12.6. The Morgan fingerprint density at radius 1 is 0.366 bits per heavy atom. The van der Waals surface area contributed by atoms with E-state index in [1.165, 1.54) is 51.4 Å². The van der Waals surface area contributed by atoms with Crippen LogP contribution in [0.3, 0.4) is 0 Å². The molecule has 0 atom stereocenters. The van der Waals surface area contributed by atoms with E-state index in [-0.39, 0.29) is 0 Å². The van der Waals surface area contributed by atoms with E-state index in [1.54, 1.807) is 14.2 Å². The van der Waals surface area contributed by atoms with Gasteiger partial charge in [-0.15, -0.1) is 0 Å². The molecular weight excluding hydrogens is 593 g/mol. The van der Waals surface area contributed by atoms with Crippen molar-refractivity contribution in [3.8, 4) is 0 Å². The first-order valence-corrected chi connectivity index (χ1v) is 29.7. The van der Waals surface area contributed by atoms with Crippen molar-refractivity contribution in [1.29, 1.82) is 0 Å². The summed E-state index contributed by atoms with van der Waals surface area (Å²) in [7, 11) is -6.84. The molecule has 0 amide bonds. The van der Waals surface area contributed by atoms with Crippen molar-refractivity contribution in [2.24, 2.45) is 0 Å². The second-order valence-corrected chi connectivity index (χ2v) is 34.0. The van der Waals surface area contributed by atoms with Crippen molar-refractivity contribution in [2.45, 2.75) is 187 Å². The van der Waals surface area contributed by atoms with E-state index in [1.807, 2.05) is 0 Å². The van der Waals surface area contributed by atoms with Crippen LogP contribution in [0.25, 0.3) is 0 Å². The van der Waals surface area contributed by atoms with Gasteiger partial charge in [-0.3, -0.25) is 0 Å². The van der Waals surface area contributed by atoms with E-state index in [0.717, 1.165) is 66.5 Å². The molecule has 0 bridgehead atoms. The Kier molecular flexibility index (Phi) is 22.1. The van der Waals surface area contributed by atoms with Gasteiger partial charge in [0.15, 0.2) is 25.0 Å². The second kappa shape index (κ2) is 21.6. The van der Waals surface area contributed by atoms with Crippen LogP contribution in [0.2, 0.25) is 73.0 Å². The van der Waals surface area contributed by atoms with Gasteiger partial charge in [-0.2, -0.15) is 0 Å². The molecular formula is C31H74O5Si5. The molecule has 0 aromatic heterocycles. The zero-order chi connectivity index (χ0) is 31.5. The number of hydrogen-bond acceptors (Lipinski definition) is 5. The minimum atomic E-state index is -2.84. The Balaban J connectivity index is 5.64. The van der Waals surface area contributed by atoms with Gasteiger partial charge < -0.3 is 21.2 Å². The summed E-state index contributed by atoms with van der Waals surface area (Å²) in [5.74, 6) is 0. The molecule has 0 aliphatic heterocycles. The third kappa shape index (κ3) is 13.8. The van der Waals surface area contributed by atoms with E-state index in [9.17, 15) is 0 Å². The molecule has 5 nitrogen and oxygen atoms in total. The lowest BCUT2D eigenvalue weighted by atomic mass is 10.1. The van der Waals surface area contributed by atoms with Crippen LogP contribution in [0.15, 0.2) is 0 Å². The first kappa shape index (κ1) is 41.9. The van der Waals surface area contributed by atoms with E-state index in [2.05, 4.69) is 68.9 Å². The lowest BCUT2D eigenvalue weighted by molar-refractivity contribution is 0.237. The molecule has 0 aromatic rings. The first-order valence-electron chi connectivity index (χ1n) is 17.7. The summed E-state index contributed by atoms with van der Waals surface area (Å²) >= 11 is 0. The first-order chi connectivity index (χ1) is 19.5.